The molecule has 0 bridgehead atoms. The molecule has 0 saturated heterocycles. The highest BCUT2D eigenvalue weighted by atomic mass is 16.5. The second-order valence-electron chi connectivity index (χ2n) is 6.29. The molecule has 0 amide bonds. The van der Waals surface area contributed by atoms with Gasteiger partial charge in [-0.2, -0.15) is 10.5 Å². The van der Waals surface area contributed by atoms with E-state index in [9.17, 15) is 10.5 Å². The Morgan fingerprint density at radius 2 is 1.15 bits per heavy atom. The lowest BCUT2D eigenvalue weighted by Crippen LogP contribution is -2.05. The first kappa shape index (κ1) is 19.6. The van der Waals surface area contributed by atoms with E-state index in [4.69, 9.17) is 9.47 Å². The maximum atomic E-state index is 9.69. The van der Waals surface area contributed by atoms with Gasteiger partial charge in [-0.05, 0) is 12.8 Å². The summed E-state index contributed by atoms with van der Waals surface area (Å²) in [7, 11) is 0. The van der Waals surface area contributed by atoms with E-state index in [2.05, 4.69) is 26.0 Å². The van der Waals surface area contributed by atoms with Crippen molar-refractivity contribution in [3.63, 3.8) is 0 Å². The SMILES string of the molecule is CCCCCOc1c(C#N)c(C#N)c(OCCCCC)c2ccccc12. The fourth-order valence-corrected chi connectivity index (χ4v) is 2.94. The average molecular weight is 350 g/mol. The molecule has 0 aliphatic carbocycles. The molecule has 0 aromatic heterocycles. The van der Waals surface area contributed by atoms with Crippen molar-refractivity contribution < 1.29 is 9.47 Å². The van der Waals surface area contributed by atoms with Crippen LogP contribution in [0.4, 0.5) is 0 Å². The topological polar surface area (TPSA) is 66.0 Å². The van der Waals surface area contributed by atoms with Gasteiger partial charge in [0.15, 0.2) is 0 Å². The lowest BCUT2D eigenvalue weighted by molar-refractivity contribution is 0.302. The van der Waals surface area contributed by atoms with Crippen molar-refractivity contribution in [1.29, 1.82) is 10.5 Å². The quantitative estimate of drug-likeness (QED) is 0.514. The zero-order chi connectivity index (χ0) is 18.8. The summed E-state index contributed by atoms with van der Waals surface area (Å²) in [6.07, 6.45) is 6.19. The van der Waals surface area contributed by atoms with Gasteiger partial charge in [0, 0.05) is 10.8 Å². The van der Waals surface area contributed by atoms with E-state index in [-0.39, 0.29) is 11.1 Å². The lowest BCUT2D eigenvalue weighted by Gasteiger charge is -2.17. The molecular weight excluding hydrogens is 324 g/mol. The van der Waals surface area contributed by atoms with Crippen molar-refractivity contribution in [1.82, 2.24) is 0 Å². The minimum Gasteiger partial charge on any atom is -0.491 e. The Labute approximate surface area is 156 Å². The summed E-state index contributed by atoms with van der Waals surface area (Å²) in [5.41, 5.74) is 0.543. The molecule has 4 heteroatoms. The van der Waals surface area contributed by atoms with Crippen molar-refractivity contribution in [2.75, 3.05) is 13.2 Å². The predicted octanol–water partition coefficient (Wildman–Crippen LogP) is 5.72. The van der Waals surface area contributed by atoms with E-state index in [1.807, 2.05) is 24.3 Å². The zero-order valence-electron chi connectivity index (χ0n) is 15.7. The average Bonchev–Trinajstić information content (AvgIpc) is 2.68. The summed E-state index contributed by atoms with van der Waals surface area (Å²) >= 11 is 0. The van der Waals surface area contributed by atoms with Crippen molar-refractivity contribution in [3.05, 3.63) is 35.4 Å². The number of fused-ring (bicyclic) bond motifs is 1. The number of ether oxygens (including phenoxy) is 2. The molecule has 0 spiro atoms. The van der Waals surface area contributed by atoms with Gasteiger partial charge < -0.3 is 9.47 Å². The second-order valence-corrected chi connectivity index (χ2v) is 6.29. The fraction of sp³-hybridized carbons (Fsp3) is 0.455. The Balaban J connectivity index is 2.48. The van der Waals surface area contributed by atoms with Crippen LogP contribution in [0.1, 0.15) is 63.5 Å². The molecule has 0 heterocycles. The molecular formula is C22H26N2O2. The Morgan fingerprint density at radius 1 is 0.731 bits per heavy atom. The number of nitrogens with zero attached hydrogens (tertiary/aromatic N) is 2. The molecule has 0 aliphatic heterocycles. The van der Waals surface area contributed by atoms with Crippen LogP contribution in [0, 0.1) is 22.7 Å². The van der Waals surface area contributed by atoms with Crippen LogP contribution in [0.2, 0.25) is 0 Å². The van der Waals surface area contributed by atoms with E-state index >= 15 is 0 Å². The van der Waals surface area contributed by atoms with E-state index in [0.29, 0.717) is 24.7 Å². The van der Waals surface area contributed by atoms with Gasteiger partial charge in [-0.15, -0.1) is 0 Å². The molecule has 2 aromatic rings. The van der Waals surface area contributed by atoms with Gasteiger partial charge >= 0.3 is 0 Å². The highest BCUT2D eigenvalue weighted by Gasteiger charge is 2.21. The summed E-state index contributed by atoms with van der Waals surface area (Å²) in [6.45, 7) is 5.34. The van der Waals surface area contributed by atoms with Crippen LogP contribution in [0.5, 0.6) is 11.5 Å². The van der Waals surface area contributed by atoms with E-state index in [1.54, 1.807) is 0 Å². The first-order valence-electron chi connectivity index (χ1n) is 9.42. The molecule has 136 valence electrons. The van der Waals surface area contributed by atoms with Crippen LogP contribution in [0.15, 0.2) is 24.3 Å². The Hall–Kier alpha value is -2.72. The summed E-state index contributed by atoms with van der Waals surface area (Å²) < 4.78 is 11.9. The van der Waals surface area contributed by atoms with Gasteiger partial charge in [-0.3, -0.25) is 0 Å². The molecule has 2 aromatic carbocycles. The van der Waals surface area contributed by atoms with E-state index < -0.39 is 0 Å². The highest BCUT2D eigenvalue weighted by Crippen LogP contribution is 2.40. The van der Waals surface area contributed by atoms with Crippen molar-refractivity contribution in [2.45, 2.75) is 52.4 Å². The van der Waals surface area contributed by atoms with Crippen molar-refractivity contribution in [3.8, 4) is 23.6 Å². The largest absolute Gasteiger partial charge is 0.491 e. The molecule has 2 rings (SSSR count). The normalized spacial score (nSPS) is 10.3. The molecule has 0 saturated carbocycles. The molecule has 0 radical (unpaired) electrons. The maximum Gasteiger partial charge on any atom is 0.146 e. The van der Waals surface area contributed by atoms with Gasteiger partial charge in [0.25, 0.3) is 0 Å². The first-order valence-corrected chi connectivity index (χ1v) is 9.42. The Bertz CT molecular complexity index is 747. The number of nitriles is 2. The predicted molar refractivity (Wildman–Crippen MR) is 103 cm³/mol. The molecule has 0 atom stereocenters. The molecule has 0 aliphatic rings. The van der Waals surface area contributed by atoms with Crippen molar-refractivity contribution in [2.24, 2.45) is 0 Å². The van der Waals surface area contributed by atoms with Gasteiger partial charge in [0.2, 0.25) is 0 Å². The Kier molecular flexibility index (Phi) is 7.77. The van der Waals surface area contributed by atoms with Crippen LogP contribution in [-0.4, -0.2) is 13.2 Å². The van der Waals surface area contributed by atoms with E-state index in [0.717, 1.165) is 49.3 Å². The van der Waals surface area contributed by atoms with Gasteiger partial charge in [-0.1, -0.05) is 63.8 Å². The molecule has 4 nitrogen and oxygen atoms in total. The Morgan fingerprint density at radius 3 is 1.50 bits per heavy atom. The second kappa shape index (κ2) is 10.3. The number of unbranched alkanes of at least 4 members (excludes halogenated alkanes) is 4. The van der Waals surface area contributed by atoms with Crippen LogP contribution in [0.3, 0.4) is 0 Å². The molecule has 0 unspecified atom stereocenters. The fourth-order valence-electron chi connectivity index (χ4n) is 2.94. The van der Waals surface area contributed by atoms with Crippen LogP contribution in [0.25, 0.3) is 10.8 Å². The third-order valence-corrected chi connectivity index (χ3v) is 4.33. The molecule has 0 N–H and O–H groups in total. The number of benzene rings is 2. The number of rotatable bonds is 10. The maximum absolute atomic E-state index is 9.69. The number of hydrogen-bond donors (Lipinski definition) is 0. The van der Waals surface area contributed by atoms with Gasteiger partial charge in [0.1, 0.15) is 34.8 Å². The standard InChI is InChI=1S/C22H26N2O2/c1-3-5-9-13-25-21-17-11-7-8-12-18(17)22(26-14-10-6-4-2)20(16-24)19(21)15-23/h7-8,11-12H,3-6,9-10,13-14H2,1-2H3. The summed E-state index contributed by atoms with van der Waals surface area (Å²) in [5.74, 6) is 0.994. The zero-order valence-corrected chi connectivity index (χ0v) is 15.7. The molecule has 26 heavy (non-hydrogen) atoms. The summed E-state index contributed by atoms with van der Waals surface area (Å²) in [5, 5.41) is 21.0. The third-order valence-electron chi connectivity index (χ3n) is 4.33. The lowest BCUT2D eigenvalue weighted by atomic mass is 9.99. The third kappa shape index (κ3) is 4.46. The minimum atomic E-state index is 0.271. The van der Waals surface area contributed by atoms with Gasteiger partial charge in [-0.25, -0.2) is 0 Å². The summed E-state index contributed by atoms with van der Waals surface area (Å²) in [4.78, 5) is 0. The van der Waals surface area contributed by atoms with Crippen LogP contribution >= 0.6 is 0 Å². The highest BCUT2D eigenvalue weighted by molar-refractivity contribution is 5.98. The van der Waals surface area contributed by atoms with Crippen molar-refractivity contribution >= 4 is 10.8 Å². The minimum absolute atomic E-state index is 0.271. The first-order chi connectivity index (χ1) is 12.8. The van der Waals surface area contributed by atoms with E-state index in [1.165, 1.54) is 0 Å². The van der Waals surface area contributed by atoms with Gasteiger partial charge in [0.05, 0.1) is 13.2 Å². The van der Waals surface area contributed by atoms with Crippen LogP contribution < -0.4 is 9.47 Å². The monoisotopic (exact) mass is 350 g/mol. The molecule has 0 fully saturated rings. The number of hydrogen-bond acceptors (Lipinski definition) is 4. The smallest absolute Gasteiger partial charge is 0.146 e. The summed E-state index contributed by atoms with van der Waals surface area (Å²) in [6, 6.07) is 12.0. The van der Waals surface area contributed by atoms with Crippen LogP contribution in [-0.2, 0) is 0 Å².